The molecule has 2 aromatic carbocycles. The van der Waals surface area contributed by atoms with Crippen molar-refractivity contribution in [1.29, 1.82) is 0 Å². The van der Waals surface area contributed by atoms with Gasteiger partial charge in [-0.2, -0.15) is 5.10 Å². The second-order valence-corrected chi connectivity index (χ2v) is 8.10. The van der Waals surface area contributed by atoms with E-state index in [1.165, 1.54) is 16.8 Å². The van der Waals surface area contributed by atoms with E-state index in [4.69, 9.17) is 4.74 Å². The molecule has 7 nitrogen and oxygen atoms in total. The van der Waals surface area contributed by atoms with Gasteiger partial charge in [-0.15, -0.1) is 0 Å². The van der Waals surface area contributed by atoms with Gasteiger partial charge in [-0.3, -0.25) is 4.79 Å². The Morgan fingerprint density at radius 2 is 1.85 bits per heavy atom. The van der Waals surface area contributed by atoms with Gasteiger partial charge in [0, 0.05) is 28.9 Å². The third-order valence-electron chi connectivity index (χ3n) is 5.81. The Hall–Kier alpha value is -4.27. The quantitative estimate of drug-likeness (QED) is 0.409. The molecule has 0 amide bonds. The van der Waals surface area contributed by atoms with Crippen molar-refractivity contribution in [3.63, 3.8) is 0 Å². The van der Waals surface area contributed by atoms with Crippen LogP contribution in [0.1, 0.15) is 24.2 Å². The van der Waals surface area contributed by atoms with Crippen LogP contribution in [0.25, 0.3) is 27.8 Å². The smallest absolute Gasteiger partial charge is 0.291 e. The number of aryl methyl sites for hydroxylation is 1. The number of rotatable bonds is 5. The first-order chi connectivity index (χ1) is 16.3. The Balaban J connectivity index is 1.55. The van der Waals surface area contributed by atoms with Crippen LogP contribution in [0, 0.1) is 18.6 Å². The molecule has 9 heteroatoms. The molecule has 5 aromatic rings. The number of benzene rings is 2. The summed E-state index contributed by atoms with van der Waals surface area (Å²) in [5.41, 5.74) is 3.53. The van der Waals surface area contributed by atoms with E-state index >= 15 is 0 Å². The molecule has 0 fully saturated rings. The van der Waals surface area contributed by atoms with Crippen LogP contribution in [0.15, 0.2) is 66.0 Å². The van der Waals surface area contributed by atoms with Gasteiger partial charge in [0.05, 0.1) is 37.1 Å². The number of halogens is 2. The maximum atomic E-state index is 13.7. The average Bonchev–Trinajstić information content (AvgIpc) is 3.45. The van der Waals surface area contributed by atoms with Gasteiger partial charge in [-0.1, -0.05) is 6.07 Å². The minimum Gasteiger partial charge on any atom is -0.495 e. The Kier molecular flexibility index (Phi) is 5.24. The van der Waals surface area contributed by atoms with Crippen LogP contribution in [0.5, 0.6) is 5.75 Å². The van der Waals surface area contributed by atoms with E-state index in [1.807, 2.05) is 42.0 Å². The van der Waals surface area contributed by atoms with Crippen molar-refractivity contribution >= 4 is 10.9 Å². The number of fused-ring (bicyclic) bond motifs is 1. The lowest BCUT2D eigenvalue weighted by Crippen LogP contribution is -2.26. The van der Waals surface area contributed by atoms with Crippen molar-refractivity contribution in [2.45, 2.75) is 19.9 Å². The van der Waals surface area contributed by atoms with Crippen molar-refractivity contribution in [1.82, 2.24) is 24.3 Å². The van der Waals surface area contributed by atoms with Gasteiger partial charge >= 0.3 is 0 Å². The van der Waals surface area contributed by atoms with Gasteiger partial charge < -0.3 is 14.3 Å². The molecule has 0 aliphatic rings. The molecule has 0 spiro atoms. The van der Waals surface area contributed by atoms with E-state index in [0.717, 1.165) is 23.0 Å². The highest BCUT2D eigenvalue weighted by atomic mass is 19.1. The second kappa shape index (κ2) is 8.26. The number of methoxy groups -OCH3 is 1. The number of aromatic nitrogens is 5. The van der Waals surface area contributed by atoms with E-state index in [1.54, 1.807) is 26.6 Å². The van der Waals surface area contributed by atoms with E-state index in [-0.39, 0.29) is 0 Å². The van der Waals surface area contributed by atoms with E-state index < -0.39 is 23.2 Å². The first-order valence-electron chi connectivity index (χ1n) is 10.6. The molecule has 3 aromatic heterocycles. The highest BCUT2D eigenvalue weighted by Gasteiger charge is 2.17. The zero-order valence-corrected chi connectivity index (χ0v) is 18.7. The summed E-state index contributed by atoms with van der Waals surface area (Å²) in [5.74, 6) is -0.770. The Bertz CT molecular complexity index is 1560. The predicted octanol–water partition coefficient (Wildman–Crippen LogP) is 4.78. The van der Waals surface area contributed by atoms with Gasteiger partial charge in [0.15, 0.2) is 0 Å². The Morgan fingerprint density at radius 1 is 1.09 bits per heavy atom. The number of imidazole rings is 1. The van der Waals surface area contributed by atoms with Crippen molar-refractivity contribution in [3.8, 4) is 22.7 Å². The SMILES string of the molecule is COc1cc(-c2cc3cnn(C(C)c4cc(F)cc(F)c4)c(=O)c3[nH]2)ccc1-n1cnc(C)c1. The maximum absolute atomic E-state index is 13.7. The Labute approximate surface area is 193 Å². The van der Waals surface area contributed by atoms with Gasteiger partial charge in [-0.25, -0.2) is 18.4 Å². The summed E-state index contributed by atoms with van der Waals surface area (Å²) in [6, 6.07) is 10.1. The second-order valence-electron chi connectivity index (χ2n) is 8.10. The molecule has 172 valence electrons. The summed E-state index contributed by atoms with van der Waals surface area (Å²) in [7, 11) is 1.59. The lowest BCUT2D eigenvalue weighted by atomic mass is 10.1. The molecule has 0 saturated heterocycles. The largest absolute Gasteiger partial charge is 0.495 e. The van der Waals surface area contributed by atoms with E-state index in [9.17, 15) is 13.6 Å². The number of nitrogens with zero attached hydrogens (tertiary/aromatic N) is 4. The van der Waals surface area contributed by atoms with Crippen LogP contribution in [0.2, 0.25) is 0 Å². The van der Waals surface area contributed by atoms with Crippen LogP contribution < -0.4 is 10.3 Å². The van der Waals surface area contributed by atoms with Crippen LogP contribution in [0.4, 0.5) is 8.78 Å². The molecule has 1 unspecified atom stereocenters. The molecular formula is C25H21F2N5O2. The number of nitrogens with one attached hydrogen (secondary N) is 1. The molecule has 1 atom stereocenters. The fourth-order valence-electron chi connectivity index (χ4n) is 4.04. The van der Waals surface area contributed by atoms with E-state index in [0.29, 0.717) is 27.9 Å². The summed E-state index contributed by atoms with van der Waals surface area (Å²) < 4.78 is 36.0. The van der Waals surface area contributed by atoms with Crippen LogP contribution >= 0.6 is 0 Å². The normalized spacial score (nSPS) is 12.3. The van der Waals surface area contributed by atoms with Crippen LogP contribution in [-0.4, -0.2) is 31.4 Å². The molecule has 3 heterocycles. The molecule has 0 saturated carbocycles. The van der Waals surface area contributed by atoms with Crippen molar-refractivity contribution < 1.29 is 13.5 Å². The van der Waals surface area contributed by atoms with Gasteiger partial charge in [-0.05, 0) is 49.7 Å². The number of hydrogen-bond donors (Lipinski definition) is 1. The van der Waals surface area contributed by atoms with Gasteiger partial charge in [0.2, 0.25) is 0 Å². The van der Waals surface area contributed by atoms with Crippen molar-refractivity contribution in [3.05, 3.63) is 94.4 Å². The third-order valence-corrected chi connectivity index (χ3v) is 5.81. The fourth-order valence-corrected chi connectivity index (χ4v) is 4.04. The topological polar surface area (TPSA) is 77.7 Å². The molecular weight excluding hydrogens is 440 g/mol. The van der Waals surface area contributed by atoms with Crippen LogP contribution in [0.3, 0.4) is 0 Å². The van der Waals surface area contributed by atoms with E-state index in [2.05, 4.69) is 15.1 Å². The lowest BCUT2D eigenvalue weighted by Gasteiger charge is -2.14. The molecule has 34 heavy (non-hydrogen) atoms. The minimum atomic E-state index is -0.707. The zero-order chi connectivity index (χ0) is 24.0. The number of H-pyrrole nitrogens is 1. The lowest BCUT2D eigenvalue weighted by molar-refractivity contribution is 0.413. The first-order valence-corrected chi connectivity index (χ1v) is 10.6. The summed E-state index contributed by atoms with van der Waals surface area (Å²) in [5, 5.41) is 4.87. The first kappa shape index (κ1) is 21.6. The summed E-state index contributed by atoms with van der Waals surface area (Å²) >= 11 is 0. The minimum absolute atomic E-state index is 0.313. The number of ether oxygens (including phenoxy) is 1. The summed E-state index contributed by atoms with van der Waals surface area (Å²) in [6.45, 7) is 3.58. The summed E-state index contributed by atoms with van der Waals surface area (Å²) in [6.07, 6.45) is 5.18. The molecule has 0 radical (unpaired) electrons. The standard InChI is InChI=1S/C25H21F2N5O2/c1-14-12-31(13-28-14)22-5-4-16(9-23(22)34-3)21-8-18-11-29-32(25(33)24(18)30-21)15(2)17-6-19(26)10-20(27)7-17/h4-13,15,30H,1-3H3. The van der Waals surface area contributed by atoms with Crippen molar-refractivity contribution in [2.24, 2.45) is 0 Å². The Morgan fingerprint density at radius 3 is 2.53 bits per heavy atom. The third kappa shape index (κ3) is 3.75. The van der Waals surface area contributed by atoms with Crippen LogP contribution in [-0.2, 0) is 0 Å². The summed E-state index contributed by atoms with van der Waals surface area (Å²) in [4.78, 5) is 20.6. The van der Waals surface area contributed by atoms with Gasteiger partial charge in [0.1, 0.15) is 22.9 Å². The zero-order valence-electron chi connectivity index (χ0n) is 18.7. The number of aromatic amines is 1. The molecule has 0 bridgehead atoms. The molecule has 1 N–H and O–H groups in total. The fraction of sp³-hybridized carbons (Fsp3) is 0.160. The van der Waals surface area contributed by atoms with Crippen molar-refractivity contribution in [2.75, 3.05) is 7.11 Å². The highest BCUT2D eigenvalue weighted by molar-refractivity contribution is 5.85. The molecule has 5 rings (SSSR count). The predicted molar refractivity (Wildman–Crippen MR) is 124 cm³/mol. The monoisotopic (exact) mass is 461 g/mol. The highest BCUT2D eigenvalue weighted by Crippen LogP contribution is 2.31. The van der Waals surface area contributed by atoms with Gasteiger partial charge in [0.25, 0.3) is 5.56 Å². The molecule has 0 aliphatic heterocycles. The number of hydrogen-bond acceptors (Lipinski definition) is 4. The average molecular weight is 461 g/mol. The maximum Gasteiger partial charge on any atom is 0.291 e. The molecule has 0 aliphatic carbocycles.